The number of morpholine rings is 1. The van der Waals surface area contributed by atoms with Crippen LogP contribution in [0.4, 0.5) is 0 Å². The molecular formula is C20H33N3O. The Morgan fingerprint density at radius 2 is 2.12 bits per heavy atom. The number of hydrogen-bond donors (Lipinski definition) is 2. The Labute approximate surface area is 147 Å². The van der Waals surface area contributed by atoms with Crippen molar-refractivity contribution in [3.63, 3.8) is 0 Å². The molecule has 1 aromatic rings. The van der Waals surface area contributed by atoms with Crippen molar-refractivity contribution in [3.05, 3.63) is 35.9 Å². The van der Waals surface area contributed by atoms with Gasteiger partial charge in [-0.15, -0.1) is 0 Å². The monoisotopic (exact) mass is 331 g/mol. The molecule has 134 valence electrons. The second kappa shape index (κ2) is 8.95. The first-order valence-corrected chi connectivity index (χ1v) is 9.70. The largest absolute Gasteiger partial charge is 0.374 e. The second-order valence-corrected chi connectivity index (χ2v) is 7.02. The first-order chi connectivity index (χ1) is 11.8. The van der Waals surface area contributed by atoms with Crippen molar-refractivity contribution in [3.8, 4) is 0 Å². The minimum absolute atomic E-state index is 0.219. The van der Waals surface area contributed by atoms with Crippen molar-refractivity contribution in [2.45, 2.75) is 57.3 Å². The second-order valence-electron chi connectivity index (χ2n) is 7.02. The topological polar surface area (TPSA) is 36.5 Å². The van der Waals surface area contributed by atoms with Crippen molar-refractivity contribution in [2.24, 2.45) is 0 Å². The summed E-state index contributed by atoms with van der Waals surface area (Å²) in [5, 5.41) is 7.46. The van der Waals surface area contributed by atoms with Gasteiger partial charge in [0, 0.05) is 25.2 Å². The van der Waals surface area contributed by atoms with Crippen LogP contribution in [0.5, 0.6) is 0 Å². The van der Waals surface area contributed by atoms with Gasteiger partial charge in [-0.3, -0.25) is 4.90 Å². The van der Waals surface area contributed by atoms with Gasteiger partial charge < -0.3 is 15.4 Å². The number of rotatable bonds is 7. The lowest BCUT2D eigenvalue weighted by Crippen LogP contribution is -2.52. The third-order valence-corrected chi connectivity index (χ3v) is 5.61. The number of hydrogen-bond acceptors (Lipinski definition) is 4. The van der Waals surface area contributed by atoms with E-state index < -0.39 is 0 Å². The summed E-state index contributed by atoms with van der Waals surface area (Å²) in [6.45, 7) is 9.55. The Morgan fingerprint density at radius 1 is 1.29 bits per heavy atom. The molecule has 4 atom stereocenters. The molecule has 2 heterocycles. The van der Waals surface area contributed by atoms with Gasteiger partial charge in [-0.1, -0.05) is 44.2 Å². The van der Waals surface area contributed by atoms with E-state index in [1.165, 1.54) is 24.9 Å². The summed E-state index contributed by atoms with van der Waals surface area (Å²) in [4.78, 5) is 2.56. The molecule has 0 spiro atoms. The van der Waals surface area contributed by atoms with Gasteiger partial charge in [-0.05, 0) is 37.9 Å². The maximum atomic E-state index is 6.21. The van der Waals surface area contributed by atoms with Crippen LogP contribution in [-0.4, -0.2) is 55.9 Å². The Hall–Kier alpha value is -0.940. The van der Waals surface area contributed by atoms with Crippen LogP contribution in [0.2, 0.25) is 0 Å². The molecule has 4 nitrogen and oxygen atoms in total. The summed E-state index contributed by atoms with van der Waals surface area (Å²) >= 11 is 0. The highest BCUT2D eigenvalue weighted by Crippen LogP contribution is 2.29. The van der Waals surface area contributed by atoms with E-state index in [0.717, 1.165) is 32.7 Å². The molecule has 1 unspecified atom stereocenters. The molecule has 24 heavy (non-hydrogen) atoms. The molecule has 2 fully saturated rings. The average molecular weight is 332 g/mol. The lowest BCUT2D eigenvalue weighted by Gasteiger charge is -2.42. The van der Waals surface area contributed by atoms with Crippen LogP contribution < -0.4 is 10.6 Å². The third-order valence-electron chi connectivity index (χ3n) is 5.61. The molecule has 0 aromatic heterocycles. The Morgan fingerprint density at radius 3 is 2.79 bits per heavy atom. The molecule has 4 heteroatoms. The fraction of sp³-hybridized carbons (Fsp3) is 0.700. The van der Waals surface area contributed by atoms with E-state index in [0.29, 0.717) is 18.1 Å². The molecule has 2 aliphatic rings. The van der Waals surface area contributed by atoms with Crippen LogP contribution in [0, 0.1) is 0 Å². The highest BCUT2D eigenvalue weighted by atomic mass is 16.5. The molecule has 0 saturated carbocycles. The van der Waals surface area contributed by atoms with Crippen molar-refractivity contribution in [1.29, 1.82) is 0 Å². The van der Waals surface area contributed by atoms with Gasteiger partial charge in [-0.2, -0.15) is 0 Å². The summed E-state index contributed by atoms with van der Waals surface area (Å²) in [5.74, 6) is 0. The molecule has 3 rings (SSSR count). The quantitative estimate of drug-likeness (QED) is 0.805. The van der Waals surface area contributed by atoms with Crippen molar-refractivity contribution < 1.29 is 4.74 Å². The van der Waals surface area contributed by atoms with E-state index in [1.807, 2.05) is 0 Å². The van der Waals surface area contributed by atoms with Crippen molar-refractivity contribution >= 4 is 0 Å². The lowest BCUT2D eigenvalue weighted by molar-refractivity contribution is -0.0705. The molecule has 2 saturated heterocycles. The van der Waals surface area contributed by atoms with Crippen molar-refractivity contribution in [1.82, 2.24) is 15.5 Å². The summed E-state index contributed by atoms with van der Waals surface area (Å²) in [6, 6.07) is 12.4. The molecule has 2 N–H and O–H groups in total. The minimum atomic E-state index is 0.219. The lowest BCUT2D eigenvalue weighted by atomic mass is 9.97. The zero-order chi connectivity index (χ0) is 16.8. The third kappa shape index (κ3) is 4.17. The SMILES string of the molecule is CCC(NC[C@@H]1OCCN(CC)[C@H]1c1ccccc1)[C@@H]1CCCN1. The van der Waals surface area contributed by atoms with Crippen LogP contribution in [0.3, 0.4) is 0 Å². The van der Waals surface area contributed by atoms with Gasteiger partial charge in [0.2, 0.25) is 0 Å². The fourth-order valence-electron chi connectivity index (χ4n) is 4.28. The molecule has 1 aromatic carbocycles. The van der Waals surface area contributed by atoms with Gasteiger partial charge in [-0.25, -0.2) is 0 Å². The van der Waals surface area contributed by atoms with E-state index in [1.54, 1.807) is 0 Å². The fourth-order valence-corrected chi connectivity index (χ4v) is 4.28. The standard InChI is InChI=1S/C20H33N3O/c1-3-17(18-11-8-12-21-18)22-15-19-20(16-9-6-5-7-10-16)23(4-2)13-14-24-19/h5-7,9-10,17-22H,3-4,8,11-15H2,1-2H3/t17?,18-,19-,20-/m0/s1. The zero-order valence-corrected chi connectivity index (χ0v) is 15.2. The summed E-state index contributed by atoms with van der Waals surface area (Å²) in [7, 11) is 0. The van der Waals surface area contributed by atoms with Gasteiger partial charge in [0.15, 0.2) is 0 Å². The minimum Gasteiger partial charge on any atom is -0.374 e. The first kappa shape index (κ1) is 17.9. The smallest absolute Gasteiger partial charge is 0.0896 e. The van der Waals surface area contributed by atoms with Gasteiger partial charge in [0.1, 0.15) is 0 Å². The Bertz CT molecular complexity index is 475. The first-order valence-electron chi connectivity index (χ1n) is 9.70. The zero-order valence-electron chi connectivity index (χ0n) is 15.2. The van der Waals surface area contributed by atoms with Gasteiger partial charge in [0.25, 0.3) is 0 Å². The molecule has 0 amide bonds. The van der Waals surface area contributed by atoms with E-state index in [4.69, 9.17) is 4.74 Å². The molecule has 0 aliphatic carbocycles. The Kier molecular flexibility index (Phi) is 6.67. The van der Waals surface area contributed by atoms with Crippen LogP contribution in [0.15, 0.2) is 30.3 Å². The molecule has 2 aliphatic heterocycles. The predicted molar refractivity (Wildman–Crippen MR) is 99.3 cm³/mol. The molecule has 0 radical (unpaired) electrons. The number of nitrogens with one attached hydrogen (secondary N) is 2. The highest BCUT2D eigenvalue weighted by molar-refractivity contribution is 5.21. The van der Waals surface area contributed by atoms with Crippen LogP contribution >= 0.6 is 0 Å². The van der Waals surface area contributed by atoms with E-state index >= 15 is 0 Å². The maximum Gasteiger partial charge on any atom is 0.0896 e. The average Bonchev–Trinajstić information content (AvgIpc) is 3.17. The summed E-state index contributed by atoms with van der Waals surface area (Å²) in [5.41, 5.74) is 1.37. The van der Waals surface area contributed by atoms with Crippen LogP contribution in [0.25, 0.3) is 0 Å². The number of benzene rings is 1. The molecular weight excluding hydrogens is 298 g/mol. The van der Waals surface area contributed by atoms with Gasteiger partial charge >= 0.3 is 0 Å². The normalized spacial score (nSPS) is 29.7. The summed E-state index contributed by atoms with van der Waals surface area (Å²) in [6.07, 6.45) is 3.98. The van der Waals surface area contributed by atoms with E-state index in [-0.39, 0.29) is 6.10 Å². The number of likely N-dealkylation sites (N-methyl/N-ethyl adjacent to an activating group) is 1. The summed E-state index contributed by atoms with van der Waals surface area (Å²) < 4.78 is 6.21. The van der Waals surface area contributed by atoms with E-state index in [9.17, 15) is 0 Å². The van der Waals surface area contributed by atoms with Gasteiger partial charge in [0.05, 0.1) is 18.8 Å². The van der Waals surface area contributed by atoms with Crippen molar-refractivity contribution in [2.75, 3.05) is 32.8 Å². The predicted octanol–water partition coefficient (Wildman–Crippen LogP) is 2.57. The van der Waals surface area contributed by atoms with E-state index in [2.05, 4.69) is 59.7 Å². The van der Waals surface area contributed by atoms with Crippen LogP contribution in [-0.2, 0) is 4.74 Å². The number of ether oxygens (including phenoxy) is 1. The van der Waals surface area contributed by atoms with Crippen LogP contribution in [0.1, 0.15) is 44.7 Å². The highest BCUT2D eigenvalue weighted by Gasteiger charge is 2.33. The maximum absolute atomic E-state index is 6.21. The molecule has 0 bridgehead atoms. The Balaban J connectivity index is 1.67. The number of nitrogens with zero attached hydrogens (tertiary/aromatic N) is 1.